The van der Waals surface area contributed by atoms with E-state index in [9.17, 15) is 27.4 Å². The second-order valence-electron chi connectivity index (χ2n) is 6.69. The van der Waals surface area contributed by atoms with Gasteiger partial charge in [-0.05, 0) is 48.6 Å². The van der Waals surface area contributed by atoms with E-state index in [1.807, 2.05) is 0 Å². The maximum absolute atomic E-state index is 13.2. The van der Waals surface area contributed by atoms with E-state index in [1.165, 1.54) is 0 Å². The molecular weight excluding hydrogens is 351 g/mol. The Balaban J connectivity index is 1.92. The Morgan fingerprint density at radius 1 is 1.19 bits per heavy atom. The Hall–Kier alpha value is -2.19. The Kier molecular flexibility index (Phi) is 4.44. The quantitative estimate of drug-likeness (QED) is 0.516. The number of halogens is 4. The van der Waals surface area contributed by atoms with Crippen molar-refractivity contribution >= 4 is 18.4 Å². The van der Waals surface area contributed by atoms with Gasteiger partial charge in [-0.3, -0.25) is 4.79 Å². The molecule has 0 fully saturated rings. The molecule has 0 unspecified atom stereocenters. The molecular formula is C18H15BF4O3. The van der Waals surface area contributed by atoms with Crippen LogP contribution in [0.2, 0.25) is 0 Å². The minimum absolute atomic E-state index is 0.310. The van der Waals surface area contributed by atoms with Crippen LogP contribution in [-0.2, 0) is 22.9 Å². The second-order valence-corrected chi connectivity index (χ2v) is 6.69. The molecule has 0 aliphatic carbocycles. The van der Waals surface area contributed by atoms with Gasteiger partial charge in [0.2, 0.25) is 0 Å². The lowest BCUT2D eigenvalue weighted by molar-refractivity contribution is -0.138. The van der Waals surface area contributed by atoms with E-state index >= 15 is 0 Å². The molecule has 8 heteroatoms. The summed E-state index contributed by atoms with van der Waals surface area (Å²) in [4.78, 5) is 12.4. The summed E-state index contributed by atoms with van der Waals surface area (Å²) in [6.07, 6.45) is -5.14. The van der Waals surface area contributed by atoms with Crippen LogP contribution in [0.15, 0.2) is 36.4 Å². The number of ketones is 1. The second kappa shape index (κ2) is 6.21. The topological polar surface area (TPSA) is 46.5 Å². The van der Waals surface area contributed by atoms with Gasteiger partial charge in [0.05, 0.1) is 11.2 Å². The third-order valence-corrected chi connectivity index (χ3v) is 4.39. The van der Waals surface area contributed by atoms with Crippen LogP contribution in [0.5, 0.6) is 0 Å². The van der Waals surface area contributed by atoms with Crippen LogP contribution in [0.25, 0.3) is 0 Å². The largest absolute Gasteiger partial charge is 0.492 e. The number of hydrogen-bond donors (Lipinski definition) is 1. The summed E-state index contributed by atoms with van der Waals surface area (Å²) in [6.45, 7) is 3.56. The first-order chi connectivity index (χ1) is 12.0. The molecule has 0 spiro atoms. The summed E-state index contributed by atoms with van der Waals surface area (Å²) < 4.78 is 57.8. The van der Waals surface area contributed by atoms with Crippen LogP contribution >= 0.6 is 0 Å². The van der Waals surface area contributed by atoms with Crippen molar-refractivity contribution in [2.45, 2.75) is 32.0 Å². The number of rotatable bonds is 3. The van der Waals surface area contributed by atoms with Crippen LogP contribution in [0.4, 0.5) is 17.6 Å². The molecule has 0 saturated heterocycles. The van der Waals surface area contributed by atoms with Gasteiger partial charge in [0.1, 0.15) is 5.82 Å². The lowest BCUT2D eigenvalue weighted by Gasteiger charge is -2.19. The third kappa shape index (κ3) is 3.39. The van der Waals surface area contributed by atoms with Gasteiger partial charge in [0.15, 0.2) is 5.78 Å². The molecule has 0 amide bonds. The van der Waals surface area contributed by atoms with Crippen molar-refractivity contribution in [3.8, 4) is 0 Å². The predicted molar refractivity (Wildman–Crippen MR) is 87.6 cm³/mol. The smallest absolute Gasteiger partial charge is 0.423 e. The zero-order valence-electron chi connectivity index (χ0n) is 14.0. The number of fused-ring (bicyclic) bond motifs is 1. The van der Waals surface area contributed by atoms with E-state index in [4.69, 9.17) is 4.65 Å². The van der Waals surface area contributed by atoms with E-state index in [-0.39, 0.29) is 6.42 Å². The van der Waals surface area contributed by atoms with E-state index in [0.717, 1.165) is 17.7 Å². The maximum atomic E-state index is 13.2. The van der Waals surface area contributed by atoms with Crippen LogP contribution in [0.1, 0.15) is 40.9 Å². The standard InChI is InChI=1S/C18H15BF4O3/c1-17(2)13-6-3-10(7-15(13)19(25)26-17)8-16(24)12-5-4-11(20)9-14(12)18(21,22)23/h3-7,9,25H,8H2,1-2H3. The molecule has 1 heterocycles. The number of hydrogen-bond acceptors (Lipinski definition) is 3. The highest BCUT2D eigenvalue weighted by atomic mass is 19.4. The number of Topliss-reactive ketones (excluding diaryl/α,β-unsaturated/α-hetero) is 1. The average Bonchev–Trinajstić information content (AvgIpc) is 2.75. The van der Waals surface area contributed by atoms with Crippen molar-refractivity contribution in [2.75, 3.05) is 0 Å². The van der Waals surface area contributed by atoms with E-state index < -0.39 is 41.6 Å². The number of carbonyl (C=O) groups excluding carboxylic acids is 1. The molecule has 1 aliphatic rings. The molecule has 26 heavy (non-hydrogen) atoms. The van der Waals surface area contributed by atoms with Gasteiger partial charge in [0, 0.05) is 12.0 Å². The molecule has 2 aromatic carbocycles. The fourth-order valence-corrected chi connectivity index (χ4v) is 3.16. The fourth-order valence-electron chi connectivity index (χ4n) is 3.16. The van der Waals surface area contributed by atoms with Gasteiger partial charge in [-0.15, -0.1) is 0 Å². The Morgan fingerprint density at radius 2 is 1.88 bits per heavy atom. The molecule has 2 aromatic rings. The summed E-state index contributed by atoms with van der Waals surface area (Å²) in [5.74, 6) is -1.85. The number of alkyl halides is 3. The van der Waals surface area contributed by atoms with E-state index in [0.29, 0.717) is 17.1 Å². The maximum Gasteiger partial charge on any atom is 0.492 e. The van der Waals surface area contributed by atoms with Crippen molar-refractivity contribution in [1.82, 2.24) is 0 Å². The summed E-state index contributed by atoms with van der Waals surface area (Å²) in [7, 11) is -1.16. The van der Waals surface area contributed by atoms with Crippen molar-refractivity contribution < 1.29 is 32.0 Å². The van der Waals surface area contributed by atoms with Crippen molar-refractivity contribution in [2.24, 2.45) is 0 Å². The molecule has 0 radical (unpaired) electrons. The third-order valence-electron chi connectivity index (χ3n) is 4.39. The zero-order chi connectivity index (χ0) is 19.3. The molecule has 1 aliphatic heterocycles. The summed E-state index contributed by atoms with van der Waals surface area (Å²) >= 11 is 0. The van der Waals surface area contributed by atoms with Gasteiger partial charge in [-0.2, -0.15) is 13.2 Å². The minimum Gasteiger partial charge on any atom is -0.423 e. The molecule has 136 valence electrons. The normalized spacial score (nSPS) is 15.9. The Labute approximate surface area is 147 Å². The molecule has 0 bridgehead atoms. The Bertz CT molecular complexity index is 877. The molecule has 3 nitrogen and oxygen atoms in total. The van der Waals surface area contributed by atoms with E-state index in [2.05, 4.69) is 0 Å². The predicted octanol–water partition coefficient (Wildman–Crippen LogP) is 3.22. The highest BCUT2D eigenvalue weighted by Crippen LogP contribution is 2.33. The van der Waals surface area contributed by atoms with Gasteiger partial charge in [-0.1, -0.05) is 18.2 Å². The molecule has 0 atom stereocenters. The summed E-state index contributed by atoms with van der Waals surface area (Å²) in [5, 5.41) is 9.98. The van der Waals surface area contributed by atoms with Gasteiger partial charge >= 0.3 is 13.3 Å². The molecule has 3 rings (SSSR count). The Morgan fingerprint density at radius 3 is 2.54 bits per heavy atom. The summed E-state index contributed by atoms with van der Waals surface area (Å²) in [6, 6.07) is 6.82. The first-order valence-electron chi connectivity index (χ1n) is 7.88. The highest BCUT2D eigenvalue weighted by molar-refractivity contribution is 6.62. The van der Waals surface area contributed by atoms with Gasteiger partial charge < -0.3 is 9.68 Å². The lowest BCUT2D eigenvalue weighted by Crippen LogP contribution is -2.29. The first-order valence-corrected chi connectivity index (χ1v) is 7.88. The SMILES string of the molecule is CC1(C)OB(O)c2cc(CC(=O)c3ccc(F)cc3C(F)(F)F)ccc21. The highest BCUT2D eigenvalue weighted by Gasteiger charge is 2.40. The monoisotopic (exact) mass is 366 g/mol. The van der Waals surface area contributed by atoms with Gasteiger partial charge in [-0.25, -0.2) is 4.39 Å². The fraction of sp³-hybridized carbons (Fsp3) is 0.278. The van der Waals surface area contributed by atoms with Crippen LogP contribution in [-0.4, -0.2) is 17.9 Å². The zero-order valence-corrected chi connectivity index (χ0v) is 14.0. The van der Waals surface area contributed by atoms with Crippen LogP contribution < -0.4 is 5.46 Å². The number of carbonyl (C=O) groups is 1. The van der Waals surface area contributed by atoms with Crippen LogP contribution in [0.3, 0.4) is 0 Å². The first kappa shape index (κ1) is 18.6. The summed E-state index contributed by atoms with van der Waals surface area (Å²) in [5.41, 5.74) is -0.914. The molecule has 1 N–H and O–H groups in total. The number of benzene rings is 2. The minimum atomic E-state index is -4.83. The van der Waals surface area contributed by atoms with Crippen molar-refractivity contribution in [1.29, 1.82) is 0 Å². The van der Waals surface area contributed by atoms with E-state index in [1.54, 1.807) is 32.0 Å². The molecule has 0 saturated carbocycles. The van der Waals surface area contributed by atoms with Gasteiger partial charge in [0.25, 0.3) is 0 Å². The average molecular weight is 366 g/mol. The lowest BCUT2D eigenvalue weighted by atomic mass is 9.77. The molecule has 0 aromatic heterocycles. The van der Waals surface area contributed by atoms with Crippen molar-refractivity contribution in [3.63, 3.8) is 0 Å². The van der Waals surface area contributed by atoms with Crippen molar-refractivity contribution in [3.05, 3.63) is 64.5 Å². The van der Waals surface area contributed by atoms with Crippen LogP contribution in [0, 0.1) is 5.82 Å².